The standard InChI is InChI=1S/C10H17N3O/c1-3-9(11)10(14)12-6-8-4-5-13(2)7-8/h4-5,7,9H,3,6,11H2,1-2H3,(H,12,14)/t9-/m0/s1. The maximum absolute atomic E-state index is 11.3. The lowest BCUT2D eigenvalue weighted by Crippen LogP contribution is -2.39. The number of nitrogens with two attached hydrogens (primary N) is 1. The topological polar surface area (TPSA) is 60.1 Å². The van der Waals surface area contributed by atoms with Crippen LogP contribution in [-0.4, -0.2) is 16.5 Å². The van der Waals surface area contributed by atoms with Crippen LogP contribution in [0.1, 0.15) is 18.9 Å². The Kier molecular flexibility index (Phi) is 3.71. The van der Waals surface area contributed by atoms with Crippen LogP contribution in [0.25, 0.3) is 0 Å². The predicted octanol–water partition coefficient (Wildman–Crippen LogP) is 0.379. The Hall–Kier alpha value is -1.29. The molecule has 0 bridgehead atoms. The second kappa shape index (κ2) is 4.81. The van der Waals surface area contributed by atoms with E-state index in [0.29, 0.717) is 13.0 Å². The maximum Gasteiger partial charge on any atom is 0.237 e. The van der Waals surface area contributed by atoms with Crippen LogP contribution in [0.3, 0.4) is 0 Å². The maximum atomic E-state index is 11.3. The van der Waals surface area contributed by atoms with Crippen molar-refractivity contribution in [3.63, 3.8) is 0 Å². The van der Waals surface area contributed by atoms with Gasteiger partial charge in [0.1, 0.15) is 0 Å². The van der Waals surface area contributed by atoms with Crippen molar-refractivity contribution in [1.29, 1.82) is 0 Å². The number of aryl methyl sites for hydroxylation is 1. The zero-order valence-corrected chi connectivity index (χ0v) is 8.66. The average molecular weight is 195 g/mol. The number of hydrogen-bond acceptors (Lipinski definition) is 2. The molecule has 4 nitrogen and oxygen atoms in total. The van der Waals surface area contributed by atoms with E-state index >= 15 is 0 Å². The molecule has 3 N–H and O–H groups in total. The smallest absolute Gasteiger partial charge is 0.237 e. The molecule has 0 unspecified atom stereocenters. The molecule has 0 aliphatic carbocycles. The van der Waals surface area contributed by atoms with Crippen LogP contribution in [0.15, 0.2) is 18.5 Å². The van der Waals surface area contributed by atoms with Crippen molar-refractivity contribution in [2.24, 2.45) is 12.8 Å². The summed E-state index contributed by atoms with van der Waals surface area (Å²) in [5.74, 6) is -0.0867. The molecule has 1 amide bonds. The molecule has 1 atom stereocenters. The first-order valence-electron chi connectivity index (χ1n) is 4.77. The van der Waals surface area contributed by atoms with Gasteiger partial charge in [0.15, 0.2) is 0 Å². The highest BCUT2D eigenvalue weighted by molar-refractivity contribution is 5.81. The Balaban J connectivity index is 2.37. The van der Waals surface area contributed by atoms with Crippen molar-refractivity contribution in [2.45, 2.75) is 25.9 Å². The fraction of sp³-hybridized carbons (Fsp3) is 0.500. The van der Waals surface area contributed by atoms with Gasteiger partial charge in [-0.1, -0.05) is 6.92 Å². The predicted molar refractivity (Wildman–Crippen MR) is 55.5 cm³/mol. The number of hydrogen-bond donors (Lipinski definition) is 2. The molecule has 0 aliphatic rings. The molecule has 0 saturated carbocycles. The molecule has 0 fully saturated rings. The van der Waals surface area contributed by atoms with E-state index in [9.17, 15) is 4.79 Å². The fourth-order valence-electron chi connectivity index (χ4n) is 1.17. The van der Waals surface area contributed by atoms with Gasteiger partial charge in [0, 0.05) is 26.0 Å². The lowest BCUT2D eigenvalue weighted by molar-refractivity contribution is -0.122. The molecule has 0 saturated heterocycles. The minimum atomic E-state index is -0.390. The van der Waals surface area contributed by atoms with Gasteiger partial charge in [0.25, 0.3) is 0 Å². The highest BCUT2D eigenvalue weighted by atomic mass is 16.2. The number of rotatable bonds is 4. The first kappa shape index (κ1) is 10.8. The molecule has 0 aliphatic heterocycles. The number of carbonyl (C=O) groups is 1. The summed E-state index contributed by atoms with van der Waals surface area (Å²) in [6.45, 7) is 2.44. The van der Waals surface area contributed by atoms with Crippen molar-refractivity contribution in [1.82, 2.24) is 9.88 Å². The van der Waals surface area contributed by atoms with Crippen molar-refractivity contribution in [2.75, 3.05) is 0 Å². The molecule has 0 aromatic carbocycles. The molecule has 1 aromatic heterocycles. The third-order valence-corrected chi connectivity index (χ3v) is 2.14. The van der Waals surface area contributed by atoms with Crippen molar-refractivity contribution < 1.29 is 4.79 Å². The Morgan fingerprint density at radius 3 is 2.93 bits per heavy atom. The van der Waals surface area contributed by atoms with E-state index in [1.807, 2.05) is 37.0 Å². The van der Waals surface area contributed by atoms with Crippen molar-refractivity contribution in [3.8, 4) is 0 Å². The second-order valence-electron chi connectivity index (χ2n) is 3.42. The summed E-state index contributed by atoms with van der Waals surface area (Å²) in [7, 11) is 1.95. The molecule has 1 aromatic rings. The van der Waals surface area contributed by atoms with E-state index in [1.54, 1.807) is 0 Å². The Morgan fingerprint density at radius 1 is 1.71 bits per heavy atom. The first-order chi connectivity index (χ1) is 6.63. The van der Waals surface area contributed by atoms with E-state index < -0.39 is 6.04 Å². The van der Waals surface area contributed by atoms with E-state index in [0.717, 1.165) is 5.56 Å². The Labute approximate surface area is 84.1 Å². The Bertz CT molecular complexity index is 306. The molecule has 78 valence electrons. The van der Waals surface area contributed by atoms with Gasteiger partial charge in [-0.05, 0) is 18.1 Å². The minimum absolute atomic E-state index is 0.0867. The number of nitrogens with one attached hydrogen (secondary N) is 1. The van der Waals surface area contributed by atoms with Gasteiger partial charge >= 0.3 is 0 Å². The SMILES string of the molecule is CC[C@H](N)C(=O)NCc1ccn(C)c1. The van der Waals surface area contributed by atoms with Crippen molar-refractivity contribution in [3.05, 3.63) is 24.0 Å². The summed E-state index contributed by atoms with van der Waals surface area (Å²) in [5, 5.41) is 2.79. The third-order valence-electron chi connectivity index (χ3n) is 2.14. The lowest BCUT2D eigenvalue weighted by Gasteiger charge is -2.08. The van der Waals surface area contributed by atoms with Crippen LogP contribution in [0.4, 0.5) is 0 Å². The van der Waals surface area contributed by atoms with Crippen molar-refractivity contribution >= 4 is 5.91 Å². The summed E-state index contributed by atoms with van der Waals surface area (Å²) in [4.78, 5) is 11.3. The Morgan fingerprint density at radius 2 is 2.43 bits per heavy atom. The fourth-order valence-corrected chi connectivity index (χ4v) is 1.17. The summed E-state index contributed by atoms with van der Waals surface area (Å²) < 4.78 is 1.95. The molecular formula is C10H17N3O. The average Bonchev–Trinajstić information content (AvgIpc) is 2.59. The van der Waals surface area contributed by atoms with E-state index in [2.05, 4.69) is 5.32 Å². The van der Waals surface area contributed by atoms with Gasteiger partial charge in [0.05, 0.1) is 6.04 Å². The molecule has 4 heteroatoms. The van der Waals surface area contributed by atoms with Gasteiger partial charge in [-0.15, -0.1) is 0 Å². The summed E-state index contributed by atoms with van der Waals surface area (Å²) in [5.41, 5.74) is 6.66. The second-order valence-corrected chi connectivity index (χ2v) is 3.42. The van der Waals surface area contributed by atoms with Crippen LogP contribution in [-0.2, 0) is 18.4 Å². The molecule has 1 rings (SSSR count). The van der Waals surface area contributed by atoms with E-state index in [4.69, 9.17) is 5.73 Å². The monoisotopic (exact) mass is 195 g/mol. The van der Waals surface area contributed by atoms with Gasteiger partial charge in [-0.25, -0.2) is 0 Å². The third kappa shape index (κ3) is 2.88. The lowest BCUT2D eigenvalue weighted by atomic mass is 10.2. The molecule has 0 spiro atoms. The van der Waals surface area contributed by atoms with Gasteiger partial charge in [-0.3, -0.25) is 4.79 Å². The molecular weight excluding hydrogens is 178 g/mol. The van der Waals surface area contributed by atoms with Crippen LogP contribution in [0, 0.1) is 0 Å². The van der Waals surface area contributed by atoms with E-state index in [1.165, 1.54) is 0 Å². The zero-order chi connectivity index (χ0) is 10.6. The zero-order valence-electron chi connectivity index (χ0n) is 8.66. The molecule has 0 radical (unpaired) electrons. The van der Waals surface area contributed by atoms with Crippen LogP contribution >= 0.6 is 0 Å². The first-order valence-corrected chi connectivity index (χ1v) is 4.77. The van der Waals surface area contributed by atoms with Crippen LogP contribution in [0.2, 0.25) is 0 Å². The summed E-state index contributed by atoms with van der Waals surface area (Å²) in [6, 6.07) is 1.58. The summed E-state index contributed by atoms with van der Waals surface area (Å²) in [6.07, 6.45) is 4.58. The number of carbonyl (C=O) groups excluding carboxylic acids is 1. The number of aromatic nitrogens is 1. The van der Waals surface area contributed by atoms with Gasteiger partial charge in [-0.2, -0.15) is 0 Å². The largest absolute Gasteiger partial charge is 0.357 e. The highest BCUT2D eigenvalue weighted by Gasteiger charge is 2.09. The molecule has 14 heavy (non-hydrogen) atoms. The highest BCUT2D eigenvalue weighted by Crippen LogP contribution is 1.98. The van der Waals surface area contributed by atoms with Crippen LogP contribution < -0.4 is 11.1 Å². The number of nitrogens with zero attached hydrogens (tertiary/aromatic N) is 1. The number of amides is 1. The molecule has 1 heterocycles. The van der Waals surface area contributed by atoms with Crippen LogP contribution in [0.5, 0.6) is 0 Å². The minimum Gasteiger partial charge on any atom is -0.357 e. The summed E-state index contributed by atoms with van der Waals surface area (Å²) >= 11 is 0. The van der Waals surface area contributed by atoms with Gasteiger partial charge in [0.2, 0.25) is 5.91 Å². The quantitative estimate of drug-likeness (QED) is 0.729. The van der Waals surface area contributed by atoms with E-state index in [-0.39, 0.29) is 5.91 Å². The normalized spacial score (nSPS) is 12.5. The van der Waals surface area contributed by atoms with Gasteiger partial charge < -0.3 is 15.6 Å².